The Hall–Kier alpha value is -0.910. The number of aliphatic hydroxyl groups is 1. The summed E-state index contributed by atoms with van der Waals surface area (Å²) in [6.07, 6.45) is 1.97. The van der Waals surface area contributed by atoms with Gasteiger partial charge in [0.1, 0.15) is 17.6 Å². The lowest BCUT2D eigenvalue weighted by molar-refractivity contribution is 0.128. The molecule has 0 aromatic carbocycles. The van der Waals surface area contributed by atoms with Gasteiger partial charge < -0.3 is 14.7 Å². The summed E-state index contributed by atoms with van der Waals surface area (Å²) < 4.78 is 5.33. The normalized spacial score (nSPS) is 11.1. The smallest absolute Gasteiger partial charge is 0.158 e. The Kier molecular flexibility index (Phi) is 7.80. The van der Waals surface area contributed by atoms with E-state index < -0.39 is 0 Å². The maximum atomic E-state index is 9.28. The fourth-order valence-corrected chi connectivity index (χ4v) is 2.37. The lowest BCUT2D eigenvalue weighted by Crippen LogP contribution is -2.37. The van der Waals surface area contributed by atoms with Gasteiger partial charge in [-0.15, -0.1) is 0 Å². The molecule has 0 saturated carbocycles. The molecular weight excluding hydrogens is 278 g/mol. The molecule has 0 unspecified atom stereocenters. The van der Waals surface area contributed by atoms with E-state index in [9.17, 15) is 5.11 Å². The maximum absolute atomic E-state index is 9.28. The van der Waals surface area contributed by atoms with Crippen LogP contribution in [0.25, 0.3) is 0 Å². The zero-order valence-electron chi connectivity index (χ0n) is 12.5. The summed E-state index contributed by atoms with van der Waals surface area (Å²) in [4.78, 5) is 10.8. The lowest BCUT2D eigenvalue weighted by atomic mass is 10.1. The van der Waals surface area contributed by atoms with Crippen LogP contribution in [0.2, 0.25) is 5.15 Å². The molecule has 5 nitrogen and oxygen atoms in total. The van der Waals surface area contributed by atoms with E-state index in [1.807, 2.05) is 6.92 Å². The predicted octanol–water partition coefficient (Wildman–Crippen LogP) is 2.65. The van der Waals surface area contributed by atoms with E-state index in [2.05, 4.69) is 28.7 Å². The number of ether oxygens (including phenoxy) is 1. The standard InChI is InChI=1S/C14H24ClN3O2/c1-4-11(5-2)18(7-8-19)14-9-12(15)16-13(17-14)10-20-6-3/h9,11,19H,4-8,10H2,1-3H3. The zero-order chi connectivity index (χ0) is 15.0. The van der Waals surface area contributed by atoms with Gasteiger partial charge in [-0.2, -0.15) is 0 Å². The molecule has 0 atom stereocenters. The van der Waals surface area contributed by atoms with Gasteiger partial charge in [-0.25, -0.2) is 9.97 Å². The third kappa shape index (κ3) is 4.89. The van der Waals surface area contributed by atoms with Gasteiger partial charge in [-0.05, 0) is 19.8 Å². The highest BCUT2D eigenvalue weighted by molar-refractivity contribution is 6.29. The van der Waals surface area contributed by atoms with Crippen molar-refractivity contribution in [1.29, 1.82) is 0 Å². The Morgan fingerprint density at radius 1 is 1.30 bits per heavy atom. The maximum Gasteiger partial charge on any atom is 0.158 e. The predicted molar refractivity (Wildman–Crippen MR) is 81.2 cm³/mol. The van der Waals surface area contributed by atoms with Crippen LogP contribution in [0, 0.1) is 0 Å². The van der Waals surface area contributed by atoms with Gasteiger partial charge in [0.2, 0.25) is 0 Å². The van der Waals surface area contributed by atoms with Crippen LogP contribution in [0.1, 0.15) is 39.4 Å². The Balaban J connectivity index is 3.02. The molecule has 0 aliphatic heterocycles. The molecule has 0 aliphatic rings. The van der Waals surface area contributed by atoms with Crippen molar-refractivity contribution in [3.63, 3.8) is 0 Å². The van der Waals surface area contributed by atoms with Gasteiger partial charge in [-0.3, -0.25) is 0 Å². The van der Waals surface area contributed by atoms with Gasteiger partial charge in [0.25, 0.3) is 0 Å². The Morgan fingerprint density at radius 3 is 2.55 bits per heavy atom. The second-order valence-corrected chi connectivity index (χ2v) is 4.88. The molecule has 114 valence electrons. The fourth-order valence-electron chi connectivity index (χ4n) is 2.18. The summed E-state index contributed by atoms with van der Waals surface area (Å²) in [5, 5.41) is 9.68. The van der Waals surface area contributed by atoms with Crippen molar-refractivity contribution < 1.29 is 9.84 Å². The van der Waals surface area contributed by atoms with Gasteiger partial charge in [0, 0.05) is 25.3 Å². The largest absolute Gasteiger partial charge is 0.395 e. The molecule has 1 aromatic rings. The van der Waals surface area contributed by atoms with Crippen LogP contribution >= 0.6 is 11.6 Å². The minimum atomic E-state index is 0.0823. The first-order valence-electron chi connectivity index (χ1n) is 7.14. The highest BCUT2D eigenvalue weighted by Gasteiger charge is 2.18. The third-order valence-corrected chi connectivity index (χ3v) is 3.38. The summed E-state index contributed by atoms with van der Waals surface area (Å²) in [5.41, 5.74) is 0. The average molecular weight is 302 g/mol. The minimum absolute atomic E-state index is 0.0823. The highest BCUT2D eigenvalue weighted by atomic mass is 35.5. The summed E-state index contributed by atoms with van der Waals surface area (Å²) in [6.45, 7) is 7.75. The summed E-state index contributed by atoms with van der Waals surface area (Å²) in [7, 11) is 0. The van der Waals surface area contributed by atoms with Crippen molar-refractivity contribution in [2.45, 2.75) is 46.3 Å². The summed E-state index contributed by atoms with van der Waals surface area (Å²) >= 11 is 6.07. The van der Waals surface area contributed by atoms with Crippen LogP contribution in [0.4, 0.5) is 5.82 Å². The van der Waals surface area contributed by atoms with Crippen molar-refractivity contribution in [1.82, 2.24) is 9.97 Å². The summed E-state index contributed by atoms with van der Waals surface area (Å²) in [5.74, 6) is 1.32. The Bertz CT molecular complexity index is 400. The second-order valence-electron chi connectivity index (χ2n) is 4.49. The van der Waals surface area contributed by atoms with Crippen molar-refractivity contribution in [2.24, 2.45) is 0 Å². The van der Waals surface area contributed by atoms with E-state index >= 15 is 0 Å². The van der Waals surface area contributed by atoms with E-state index in [0.717, 1.165) is 18.7 Å². The van der Waals surface area contributed by atoms with Crippen LogP contribution in [-0.4, -0.2) is 40.9 Å². The molecule has 0 aliphatic carbocycles. The van der Waals surface area contributed by atoms with Gasteiger partial charge >= 0.3 is 0 Å². The van der Waals surface area contributed by atoms with Crippen molar-refractivity contribution in [2.75, 3.05) is 24.7 Å². The molecule has 6 heteroatoms. The van der Waals surface area contributed by atoms with Crippen LogP contribution in [0.5, 0.6) is 0 Å². The van der Waals surface area contributed by atoms with E-state index in [1.165, 1.54) is 0 Å². The first kappa shape index (κ1) is 17.1. The van der Waals surface area contributed by atoms with Gasteiger partial charge in [-0.1, -0.05) is 25.4 Å². The fraction of sp³-hybridized carbons (Fsp3) is 0.714. The molecule has 0 amide bonds. The molecule has 0 bridgehead atoms. The molecule has 20 heavy (non-hydrogen) atoms. The number of nitrogens with zero attached hydrogens (tertiary/aromatic N) is 3. The van der Waals surface area contributed by atoms with Crippen LogP contribution in [-0.2, 0) is 11.3 Å². The van der Waals surface area contributed by atoms with Crippen molar-refractivity contribution in [3.05, 3.63) is 17.0 Å². The second kappa shape index (κ2) is 9.10. The zero-order valence-corrected chi connectivity index (χ0v) is 13.2. The van der Waals surface area contributed by atoms with E-state index in [1.54, 1.807) is 6.07 Å². The van der Waals surface area contributed by atoms with E-state index in [0.29, 0.717) is 36.8 Å². The molecule has 1 aromatic heterocycles. The van der Waals surface area contributed by atoms with Crippen molar-refractivity contribution in [3.8, 4) is 0 Å². The molecule has 0 radical (unpaired) electrons. The van der Waals surface area contributed by atoms with Crippen LogP contribution < -0.4 is 4.90 Å². The van der Waals surface area contributed by atoms with E-state index in [4.69, 9.17) is 16.3 Å². The third-order valence-electron chi connectivity index (χ3n) is 3.18. The minimum Gasteiger partial charge on any atom is -0.395 e. The summed E-state index contributed by atoms with van der Waals surface area (Å²) in [6, 6.07) is 2.07. The first-order chi connectivity index (χ1) is 9.65. The number of aromatic nitrogens is 2. The van der Waals surface area contributed by atoms with E-state index in [-0.39, 0.29) is 6.61 Å². The number of hydrogen-bond acceptors (Lipinski definition) is 5. The van der Waals surface area contributed by atoms with Gasteiger partial charge in [0.05, 0.1) is 6.61 Å². The molecule has 0 fully saturated rings. The van der Waals surface area contributed by atoms with Gasteiger partial charge in [0.15, 0.2) is 5.82 Å². The Labute approximate surface area is 125 Å². The molecule has 0 spiro atoms. The number of aliphatic hydroxyl groups excluding tert-OH is 1. The topological polar surface area (TPSA) is 58.5 Å². The van der Waals surface area contributed by atoms with Crippen LogP contribution in [0.15, 0.2) is 6.07 Å². The SMILES string of the molecule is CCOCc1nc(Cl)cc(N(CCO)C(CC)CC)n1. The number of rotatable bonds is 9. The number of anilines is 1. The van der Waals surface area contributed by atoms with Crippen molar-refractivity contribution >= 4 is 17.4 Å². The first-order valence-corrected chi connectivity index (χ1v) is 7.52. The Morgan fingerprint density at radius 2 is 2.00 bits per heavy atom. The lowest BCUT2D eigenvalue weighted by Gasteiger charge is -2.31. The number of halogens is 1. The molecule has 0 saturated heterocycles. The molecule has 1 N–H and O–H groups in total. The quantitative estimate of drug-likeness (QED) is 0.711. The molecule has 1 heterocycles. The number of hydrogen-bond donors (Lipinski definition) is 1. The molecular formula is C14H24ClN3O2. The van der Waals surface area contributed by atoms with Crippen LogP contribution in [0.3, 0.4) is 0 Å². The monoisotopic (exact) mass is 301 g/mol. The molecule has 1 rings (SSSR count). The average Bonchev–Trinajstić information content (AvgIpc) is 2.44. The highest BCUT2D eigenvalue weighted by Crippen LogP contribution is 2.21.